The second kappa shape index (κ2) is 11.1. The van der Waals surface area contributed by atoms with Crippen molar-refractivity contribution < 1.29 is 20.8 Å². The Labute approximate surface area is 221 Å². The summed E-state index contributed by atoms with van der Waals surface area (Å²) in [6.07, 6.45) is 0. The SMILES string of the molecule is CC(C)(C)c1ccc2[cH-]c(-c3ccccc3)cc2c1-c1ccccc1-c1ccccc1.[Cl][Zr][Cl]. The first-order valence-electron chi connectivity index (χ1n) is 11.3. The van der Waals surface area contributed by atoms with Crippen LogP contribution in [-0.4, -0.2) is 0 Å². The van der Waals surface area contributed by atoms with Gasteiger partial charge in [-0.25, -0.2) is 0 Å². The Bertz CT molecular complexity index is 1360. The van der Waals surface area contributed by atoms with Gasteiger partial charge in [0.05, 0.1) is 0 Å². The van der Waals surface area contributed by atoms with E-state index in [0.29, 0.717) is 0 Å². The summed E-state index contributed by atoms with van der Waals surface area (Å²) < 4.78 is 0. The Morgan fingerprint density at radius 3 is 1.76 bits per heavy atom. The van der Waals surface area contributed by atoms with Crippen LogP contribution in [0.15, 0.2) is 109 Å². The molecule has 5 rings (SSSR count). The number of hydrogen-bond acceptors (Lipinski definition) is 0. The van der Waals surface area contributed by atoms with Gasteiger partial charge in [-0.3, -0.25) is 0 Å². The van der Waals surface area contributed by atoms with Crippen molar-refractivity contribution in [1.82, 2.24) is 0 Å². The van der Waals surface area contributed by atoms with Gasteiger partial charge in [0.25, 0.3) is 0 Å². The van der Waals surface area contributed by atoms with Crippen LogP contribution in [0.4, 0.5) is 0 Å². The maximum atomic E-state index is 4.93. The average molecular weight is 562 g/mol. The van der Waals surface area contributed by atoms with Crippen molar-refractivity contribution in [3.8, 4) is 33.4 Å². The molecule has 0 fully saturated rings. The molecule has 3 heteroatoms. The molecule has 0 nitrogen and oxygen atoms in total. The molecule has 0 unspecified atom stereocenters. The van der Waals surface area contributed by atoms with E-state index in [9.17, 15) is 0 Å². The van der Waals surface area contributed by atoms with Crippen LogP contribution in [0.3, 0.4) is 0 Å². The Morgan fingerprint density at radius 2 is 1.18 bits per heavy atom. The molecule has 0 aliphatic carbocycles. The molecule has 0 amide bonds. The third-order valence-electron chi connectivity index (χ3n) is 6.09. The van der Waals surface area contributed by atoms with Crippen molar-refractivity contribution in [2.75, 3.05) is 0 Å². The first-order valence-corrected chi connectivity index (χ1v) is 17.7. The van der Waals surface area contributed by atoms with Gasteiger partial charge < -0.3 is 0 Å². The van der Waals surface area contributed by atoms with Gasteiger partial charge in [0.2, 0.25) is 0 Å². The monoisotopic (exact) mass is 559 g/mol. The summed E-state index contributed by atoms with van der Waals surface area (Å²) in [6.45, 7) is 6.93. The van der Waals surface area contributed by atoms with Crippen molar-refractivity contribution >= 4 is 27.8 Å². The maximum absolute atomic E-state index is 4.93. The second-order valence-electron chi connectivity index (χ2n) is 9.33. The number of fused-ring (bicyclic) bond motifs is 1. The third kappa shape index (κ3) is 5.44. The van der Waals surface area contributed by atoms with Crippen LogP contribution in [0.5, 0.6) is 0 Å². The van der Waals surface area contributed by atoms with E-state index in [4.69, 9.17) is 17.0 Å². The zero-order valence-electron chi connectivity index (χ0n) is 19.6. The summed E-state index contributed by atoms with van der Waals surface area (Å²) in [4.78, 5) is 0. The number of hydrogen-bond donors (Lipinski definition) is 0. The van der Waals surface area contributed by atoms with Crippen molar-refractivity contribution in [2.45, 2.75) is 26.2 Å². The van der Waals surface area contributed by atoms with Crippen LogP contribution >= 0.6 is 17.0 Å². The molecule has 0 N–H and O–H groups in total. The van der Waals surface area contributed by atoms with Gasteiger partial charge in [0.1, 0.15) is 0 Å². The molecule has 0 aromatic heterocycles. The van der Waals surface area contributed by atoms with E-state index >= 15 is 0 Å². The average Bonchev–Trinajstić information content (AvgIpc) is 3.29. The topological polar surface area (TPSA) is 0 Å². The van der Waals surface area contributed by atoms with E-state index in [-0.39, 0.29) is 5.41 Å². The summed E-state index contributed by atoms with van der Waals surface area (Å²) in [5.41, 5.74) is 9.15. The Balaban J connectivity index is 0.000000868. The molecule has 0 aliphatic heterocycles. The van der Waals surface area contributed by atoms with E-state index in [1.165, 1.54) is 49.7 Å². The third-order valence-corrected chi connectivity index (χ3v) is 6.09. The Hall–Kier alpha value is -2.05. The van der Waals surface area contributed by atoms with E-state index in [1.807, 2.05) is 0 Å². The molecule has 34 heavy (non-hydrogen) atoms. The van der Waals surface area contributed by atoms with E-state index in [1.54, 1.807) is 0 Å². The quantitative estimate of drug-likeness (QED) is 0.192. The van der Waals surface area contributed by atoms with Gasteiger partial charge in [0, 0.05) is 0 Å². The van der Waals surface area contributed by atoms with Crippen LogP contribution in [0, 0.1) is 0 Å². The van der Waals surface area contributed by atoms with Gasteiger partial charge in [-0.1, -0.05) is 117 Å². The van der Waals surface area contributed by atoms with Gasteiger partial charge in [-0.15, -0.1) is 34.5 Å². The normalized spacial score (nSPS) is 11.1. The van der Waals surface area contributed by atoms with Gasteiger partial charge >= 0.3 is 37.9 Å². The van der Waals surface area contributed by atoms with Crippen LogP contribution in [0.1, 0.15) is 26.3 Å². The predicted octanol–water partition coefficient (Wildman–Crippen LogP) is 10.2. The van der Waals surface area contributed by atoms with E-state index < -0.39 is 20.8 Å². The first kappa shape index (κ1) is 25.1. The van der Waals surface area contributed by atoms with Gasteiger partial charge in [-0.2, -0.15) is 0 Å². The first-order chi connectivity index (χ1) is 16.4. The summed E-state index contributed by atoms with van der Waals surface area (Å²) in [5, 5.41) is 2.62. The minimum atomic E-state index is -0.826. The molecule has 0 radical (unpaired) electrons. The van der Waals surface area contributed by atoms with Gasteiger partial charge in [-0.05, 0) is 33.2 Å². The molecule has 0 aliphatic rings. The molecule has 0 saturated heterocycles. The Kier molecular flexibility index (Phi) is 8.20. The predicted molar refractivity (Wildman–Crippen MR) is 146 cm³/mol. The van der Waals surface area contributed by atoms with Crippen LogP contribution < -0.4 is 0 Å². The molecule has 170 valence electrons. The van der Waals surface area contributed by atoms with Crippen LogP contribution in [-0.2, 0) is 26.3 Å². The van der Waals surface area contributed by atoms with Crippen molar-refractivity contribution in [3.63, 3.8) is 0 Å². The molecule has 0 saturated carbocycles. The second-order valence-corrected chi connectivity index (χ2v) is 13.1. The molecule has 5 aromatic rings. The molecular weight excluding hydrogens is 534 g/mol. The molecule has 0 spiro atoms. The zero-order chi connectivity index (χ0) is 24.1. The Morgan fingerprint density at radius 1 is 0.647 bits per heavy atom. The summed E-state index contributed by atoms with van der Waals surface area (Å²) in [7, 11) is 9.87. The van der Waals surface area contributed by atoms with E-state index in [2.05, 4.69) is 130 Å². The summed E-state index contributed by atoms with van der Waals surface area (Å²) >= 11 is -0.826. The van der Waals surface area contributed by atoms with E-state index in [0.717, 1.165) is 0 Å². The van der Waals surface area contributed by atoms with Crippen molar-refractivity contribution in [3.05, 3.63) is 115 Å². The standard InChI is InChI=1S/C31H27.2ClH.Zr/c1-31(2,3)29-19-18-24-20-25(22-12-6-4-7-13-22)21-28(24)30(29)27-17-11-10-16-26(27)23-14-8-5-9-15-23;;;/h4-21H,1-3H3;2*1H;/q-1;;;+2/p-2. The number of benzene rings is 4. The van der Waals surface area contributed by atoms with Gasteiger partial charge in [0.15, 0.2) is 0 Å². The number of rotatable bonds is 3. The van der Waals surface area contributed by atoms with Crippen LogP contribution in [0.2, 0.25) is 0 Å². The fraction of sp³-hybridized carbons (Fsp3) is 0.129. The fourth-order valence-electron chi connectivity index (χ4n) is 4.56. The minimum absolute atomic E-state index is 0.0392. The fourth-order valence-corrected chi connectivity index (χ4v) is 4.56. The van der Waals surface area contributed by atoms with Crippen molar-refractivity contribution in [2.24, 2.45) is 0 Å². The zero-order valence-corrected chi connectivity index (χ0v) is 23.6. The molecule has 5 aromatic carbocycles. The molecular formula is C31H27Cl2Zr-. The molecule has 0 bridgehead atoms. The summed E-state index contributed by atoms with van der Waals surface area (Å²) in [5.74, 6) is 0. The number of halogens is 2. The van der Waals surface area contributed by atoms with Crippen molar-refractivity contribution in [1.29, 1.82) is 0 Å². The van der Waals surface area contributed by atoms with Crippen LogP contribution in [0.25, 0.3) is 44.2 Å². The molecule has 0 heterocycles. The molecule has 0 atom stereocenters. The summed E-state index contributed by atoms with van der Waals surface area (Å²) in [6, 6.07) is 39.5.